The highest BCUT2D eigenvalue weighted by Gasteiger charge is 2.22. The molecule has 0 aromatic carbocycles. The highest BCUT2D eigenvalue weighted by atomic mass is 79.9. The van der Waals surface area contributed by atoms with Crippen molar-refractivity contribution in [2.24, 2.45) is 0 Å². The normalized spacial score (nSPS) is 25.9. The fourth-order valence-electron chi connectivity index (χ4n) is 2.23. The van der Waals surface area contributed by atoms with Gasteiger partial charge in [0.25, 0.3) is 0 Å². The second-order valence-electron chi connectivity index (χ2n) is 4.82. The van der Waals surface area contributed by atoms with Crippen LogP contribution in [0.1, 0.15) is 25.6 Å². The van der Waals surface area contributed by atoms with Gasteiger partial charge in [-0.15, -0.1) is 0 Å². The van der Waals surface area contributed by atoms with Crippen molar-refractivity contribution in [2.75, 3.05) is 18.9 Å². The summed E-state index contributed by atoms with van der Waals surface area (Å²) in [6.45, 7) is 5.33. The van der Waals surface area contributed by atoms with Crippen LogP contribution in [0.5, 0.6) is 0 Å². The number of piperidine rings is 1. The molecule has 4 nitrogen and oxygen atoms in total. The summed E-state index contributed by atoms with van der Waals surface area (Å²) in [6, 6.07) is 3.09. The Bertz CT molecular complexity index is 376. The average molecular weight is 299 g/mol. The fourth-order valence-corrected chi connectivity index (χ4v) is 2.71. The Morgan fingerprint density at radius 3 is 2.88 bits per heavy atom. The molecule has 2 unspecified atom stereocenters. The molecule has 94 valence electrons. The maximum absolute atomic E-state index is 4.41. The molecule has 1 aliphatic heterocycles. The molecule has 17 heavy (non-hydrogen) atoms. The van der Waals surface area contributed by atoms with Crippen LogP contribution in [-0.2, 0) is 0 Å². The van der Waals surface area contributed by atoms with Gasteiger partial charge < -0.3 is 10.2 Å². The molecule has 1 fully saturated rings. The Hall–Kier alpha value is -0.680. The van der Waals surface area contributed by atoms with Gasteiger partial charge in [0.2, 0.25) is 0 Å². The van der Waals surface area contributed by atoms with Crippen LogP contribution >= 0.6 is 15.9 Å². The molecular weight excluding hydrogens is 280 g/mol. The molecule has 2 atom stereocenters. The molecule has 0 amide bonds. The van der Waals surface area contributed by atoms with E-state index in [9.17, 15) is 0 Å². The van der Waals surface area contributed by atoms with Crippen molar-refractivity contribution in [2.45, 2.75) is 38.8 Å². The van der Waals surface area contributed by atoms with Crippen LogP contribution in [0.4, 0.5) is 5.82 Å². The topological polar surface area (TPSA) is 41.1 Å². The molecular formula is C12H19BrN4. The van der Waals surface area contributed by atoms with E-state index in [2.05, 4.69) is 50.1 Å². The van der Waals surface area contributed by atoms with Gasteiger partial charge in [-0.05, 0) is 49.7 Å². The second-order valence-corrected chi connectivity index (χ2v) is 5.63. The minimum absolute atomic E-state index is 0.516. The quantitative estimate of drug-likeness (QED) is 0.852. The van der Waals surface area contributed by atoms with Crippen LogP contribution in [0.25, 0.3) is 0 Å². The number of likely N-dealkylation sites (tertiary alicyclic amines) is 1. The zero-order valence-electron chi connectivity index (χ0n) is 10.6. The summed E-state index contributed by atoms with van der Waals surface area (Å²) in [4.78, 5) is 11.0. The van der Waals surface area contributed by atoms with Crippen molar-refractivity contribution in [3.8, 4) is 0 Å². The Kier molecular flexibility index (Phi) is 3.99. The number of aryl methyl sites for hydroxylation is 1. The number of halogens is 1. The lowest BCUT2D eigenvalue weighted by atomic mass is 9.99. The highest BCUT2D eigenvalue weighted by Crippen LogP contribution is 2.20. The first-order valence-corrected chi connectivity index (χ1v) is 6.82. The Labute approximate surface area is 111 Å². The van der Waals surface area contributed by atoms with Gasteiger partial charge in [0.05, 0.1) is 0 Å². The predicted molar refractivity (Wildman–Crippen MR) is 73.2 cm³/mol. The summed E-state index contributed by atoms with van der Waals surface area (Å²) in [5.74, 6) is 1.72. The van der Waals surface area contributed by atoms with E-state index in [4.69, 9.17) is 0 Å². The van der Waals surface area contributed by atoms with Crippen molar-refractivity contribution in [1.82, 2.24) is 14.9 Å². The van der Waals surface area contributed by atoms with E-state index in [1.54, 1.807) is 0 Å². The average Bonchev–Trinajstić information content (AvgIpc) is 2.22. The first-order valence-electron chi connectivity index (χ1n) is 6.02. The molecule has 5 heteroatoms. The van der Waals surface area contributed by atoms with E-state index >= 15 is 0 Å². The van der Waals surface area contributed by atoms with Gasteiger partial charge in [-0.1, -0.05) is 0 Å². The van der Waals surface area contributed by atoms with E-state index in [1.165, 1.54) is 6.42 Å². The van der Waals surface area contributed by atoms with E-state index in [0.717, 1.165) is 29.2 Å². The number of nitrogens with zero attached hydrogens (tertiary/aromatic N) is 3. The number of hydrogen-bond donors (Lipinski definition) is 1. The third kappa shape index (κ3) is 3.39. The smallest absolute Gasteiger partial charge is 0.131 e. The Morgan fingerprint density at radius 2 is 2.24 bits per heavy atom. The third-order valence-electron chi connectivity index (χ3n) is 3.37. The molecule has 2 rings (SSSR count). The summed E-state index contributed by atoms with van der Waals surface area (Å²) in [6.07, 6.45) is 2.33. The van der Waals surface area contributed by atoms with Crippen molar-refractivity contribution in [3.05, 3.63) is 16.5 Å². The number of rotatable bonds is 2. The van der Waals surface area contributed by atoms with Gasteiger partial charge in [-0.25, -0.2) is 9.97 Å². The minimum atomic E-state index is 0.516. The van der Waals surface area contributed by atoms with Crippen LogP contribution in [-0.4, -0.2) is 40.5 Å². The van der Waals surface area contributed by atoms with Crippen molar-refractivity contribution < 1.29 is 0 Å². The van der Waals surface area contributed by atoms with Crippen molar-refractivity contribution >= 4 is 21.7 Å². The molecule has 1 saturated heterocycles. The van der Waals surface area contributed by atoms with Crippen LogP contribution in [0, 0.1) is 6.92 Å². The largest absolute Gasteiger partial charge is 0.367 e. The van der Waals surface area contributed by atoms with Crippen molar-refractivity contribution in [1.29, 1.82) is 0 Å². The first-order chi connectivity index (χ1) is 8.04. The van der Waals surface area contributed by atoms with E-state index in [0.29, 0.717) is 12.1 Å². The highest BCUT2D eigenvalue weighted by molar-refractivity contribution is 9.10. The molecule has 0 bridgehead atoms. The first kappa shape index (κ1) is 12.8. The number of hydrogen-bond acceptors (Lipinski definition) is 4. The molecule has 2 heterocycles. The lowest BCUT2D eigenvalue weighted by molar-refractivity contribution is 0.190. The maximum atomic E-state index is 4.41. The standard InChI is InChI=1S/C12H19BrN4/c1-8-6-10(4-5-17(8)3)16-12-7-11(13)14-9(2)15-12/h7-8,10H,4-6H2,1-3H3,(H,14,15,16). The summed E-state index contributed by atoms with van der Waals surface area (Å²) in [7, 11) is 2.19. The fraction of sp³-hybridized carbons (Fsp3) is 0.667. The lowest BCUT2D eigenvalue weighted by Gasteiger charge is -2.35. The molecule has 0 radical (unpaired) electrons. The lowest BCUT2D eigenvalue weighted by Crippen LogP contribution is -2.42. The number of anilines is 1. The Morgan fingerprint density at radius 1 is 1.47 bits per heavy atom. The summed E-state index contributed by atoms with van der Waals surface area (Å²) in [5.41, 5.74) is 0. The van der Waals surface area contributed by atoms with Gasteiger partial charge in [0.1, 0.15) is 16.2 Å². The number of aromatic nitrogens is 2. The van der Waals surface area contributed by atoms with Gasteiger partial charge in [-0.3, -0.25) is 0 Å². The van der Waals surface area contributed by atoms with E-state index < -0.39 is 0 Å². The maximum Gasteiger partial charge on any atom is 0.131 e. The SMILES string of the molecule is Cc1nc(Br)cc(NC2CCN(C)C(C)C2)n1. The molecule has 1 N–H and O–H groups in total. The van der Waals surface area contributed by atoms with Gasteiger partial charge in [-0.2, -0.15) is 0 Å². The summed E-state index contributed by atoms with van der Waals surface area (Å²) in [5, 5.41) is 3.51. The zero-order chi connectivity index (χ0) is 12.4. The van der Waals surface area contributed by atoms with Gasteiger partial charge in [0, 0.05) is 24.7 Å². The molecule has 0 spiro atoms. The van der Waals surface area contributed by atoms with E-state index in [1.807, 2.05) is 13.0 Å². The van der Waals surface area contributed by atoms with Crippen LogP contribution in [0.2, 0.25) is 0 Å². The van der Waals surface area contributed by atoms with Crippen molar-refractivity contribution in [3.63, 3.8) is 0 Å². The van der Waals surface area contributed by atoms with E-state index in [-0.39, 0.29) is 0 Å². The summed E-state index contributed by atoms with van der Waals surface area (Å²) >= 11 is 3.40. The molecule has 0 saturated carbocycles. The monoisotopic (exact) mass is 298 g/mol. The molecule has 0 aliphatic carbocycles. The van der Waals surface area contributed by atoms with Gasteiger partial charge in [0.15, 0.2) is 0 Å². The minimum Gasteiger partial charge on any atom is -0.367 e. The molecule has 1 aliphatic rings. The zero-order valence-corrected chi connectivity index (χ0v) is 12.2. The van der Waals surface area contributed by atoms with Gasteiger partial charge >= 0.3 is 0 Å². The van der Waals surface area contributed by atoms with Crippen LogP contribution < -0.4 is 5.32 Å². The number of nitrogens with one attached hydrogen (secondary N) is 1. The molecule has 1 aromatic rings. The third-order valence-corrected chi connectivity index (χ3v) is 3.77. The predicted octanol–water partition coefficient (Wildman–Crippen LogP) is 2.44. The molecule has 1 aromatic heterocycles. The second kappa shape index (κ2) is 5.31. The van der Waals surface area contributed by atoms with Crippen LogP contribution in [0.3, 0.4) is 0 Å². The van der Waals surface area contributed by atoms with Crippen LogP contribution in [0.15, 0.2) is 10.7 Å². The Balaban J connectivity index is 2.01. The summed E-state index contributed by atoms with van der Waals surface area (Å²) < 4.78 is 0.841.